The fourth-order valence-corrected chi connectivity index (χ4v) is 3.95. The lowest BCUT2D eigenvalue weighted by molar-refractivity contribution is -0.384. The molecule has 0 saturated carbocycles. The zero-order valence-corrected chi connectivity index (χ0v) is 18.8. The van der Waals surface area contributed by atoms with Crippen LogP contribution in [0.25, 0.3) is 33.4 Å². The van der Waals surface area contributed by atoms with E-state index in [1.807, 2.05) is 25.1 Å². The summed E-state index contributed by atoms with van der Waals surface area (Å²) in [7, 11) is 1.62. The number of hydrogen-bond donors (Lipinski definition) is 1. The molecule has 2 aromatic carbocycles. The minimum Gasteiger partial charge on any atom is -0.457 e. The van der Waals surface area contributed by atoms with Gasteiger partial charge in [-0.15, -0.1) is 0 Å². The van der Waals surface area contributed by atoms with Crippen molar-refractivity contribution in [3.63, 3.8) is 0 Å². The minimum absolute atomic E-state index is 0.0217. The highest BCUT2D eigenvalue weighted by Gasteiger charge is 2.20. The van der Waals surface area contributed by atoms with Crippen molar-refractivity contribution in [3.05, 3.63) is 69.7 Å². The Kier molecular flexibility index (Phi) is 5.42. The first-order valence-electron chi connectivity index (χ1n) is 10.7. The van der Waals surface area contributed by atoms with Crippen LogP contribution >= 0.6 is 0 Å². The number of rotatable bonds is 7. The topological polar surface area (TPSA) is 129 Å². The Morgan fingerprint density at radius 1 is 1.18 bits per heavy atom. The number of pyridine rings is 1. The number of aryl methyl sites for hydroxylation is 2. The van der Waals surface area contributed by atoms with Gasteiger partial charge in [-0.2, -0.15) is 4.98 Å². The van der Waals surface area contributed by atoms with Gasteiger partial charge in [-0.25, -0.2) is 4.98 Å². The van der Waals surface area contributed by atoms with Crippen molar-refractivity contribution in [3.8, 4) is 23.1 Å². The molecule has 0 unspecified atom stereocenters. The molecule has 10 heteroatoms. The van der Waals surface area contributed by atoms with Crippen LogP contribution in [0.4, 0.5) is 5.69 Å². The number of methoxy groups -OCH3 is 1. The van der Waals surface area contributed by atoms with E-state index in [9.17, 15) is 10.1 Å². The number of non-ortho nitro benzene ring substituents is 1. The fraction of sp³-hybridized carbons (Fsp3) is 0.208. The first-order valence-corrected chi connectivity index (χ1v) is 10.7. The number of nitrogens with zero attached hydrogens (tertiary/aromatic N) is 4. The molecule has 0 spiro atoms. The maximum absolute atomic E-state index is 11.0. The first-order chi connectivity index (χ1) is 16.5. The van der Waals surface area contributed by atoms with Gasteiger partial charge in [0, 0.05) is 47.5 Å². The first kappa shape index (κ1) is 21.5. The van der Waals surface area contributed by atoms with E-state index in [1.54, 1.807) is 26.3 Å². The molecule has 172 valence electrons. The molecule has 0 radical (unpaired) electrons. The van der Waals surface area contributed by atoms with Gasteiger partial charge >= 0.3 is 0 Å². The van der Waals surface area contributed by atoms with Gasteiger partial charge in [-0.3, -0.25) is 10.1 Å². The van der Waals surface area contributed by atoms with Crippen LogP contribution in [0, 0.1) is 17.0 Å². The third kappa shape index (κ3) is 3.73. The molecule has 0 aliphatic heterocycles. The van der Waals surface area contributed by atoms with Gasteiger partial charge in [0.05, 0.1) is 23.2 Å². The number of hydrogen-bond acceptors (Lipinski definition) is 8. The third-order valence-corrected chi connectivity index (χ3v) is 5.58. The standard InChI is InChI=1S/C24H21N5O5/c1-4-21-27-24(34-28-21)23-17(12-32-3)22-16-10-15(6-7-18(16)26-19(22)11-25-23)33-20-8-5-14(29(30)31)9-13(20)2/h5-11,26H,4,12H2,1-3H3. The van der Waals surface area contributed by atoms with E-state index in [2.05, 4.69) is 20.1 Å². The summed E-state index contributed by atoms with van der Waals surface area (Å²) >= 11 is 0. The maximum Gasteiger partial charge on any atom is 0.276 e. The Hall–Kier alpha value is -4.31. The Morgan fingerprint density at radius 3 is 2.74 bits per heavy atom. The van der Waals surface area contributed by atoms with E-state index in [-0.39, 0.29) is 5.69 Å². The number of ether oxygens (including phenoxy) is 2. The normalized spacial score (nSPS) is 11.4. The van der Waals surface area contributed by atoms with Crippen LogP contribution in [0.2, 0.25) is 0 Å². The van der Waals surface area contributed by atoms with E-state index in [4.69, 9.17) is 14.0 Å². The molecule has 5 rings (SSSR count). The van der Waals surface area contributed by atoms with Crippen molar-refractivity contribution < 1.29 is 18.9 Å². The summed E-state index contributed by atoms with van der Waals surface area (Å²) in [4.78, 5) is 23.0. The average molecular weight is 459 g/mol. The molecular formula is C24H21N5O5. The molecule has 1 N–H and O–H groups in total. The number of nitro groups is 1. The zero-order valence-electron chi connectivity index (χ0n) is 18.8. The highest BCUT2D eigenvalue weighted by molar-refractivity contribution is 6.10. The molecule has 5 aromatic rings. The zero-order chi connectivity index (χ0) is 23.8. The number of nitro benzene ring substituents is 1. The van der Waals surface area contributed by atoms with Gasteiger partial charge in [0.1, 0.15) is 17.2 Å². The fourth-order valence-electron chi connectivity index (χ4n) is 3.95. The van der Waals surface area contributed by atoms with Crippen LogP contribution in [-0.4, -0.2) is 32.1 Å². The quantitative estimate of drug-likeness (QED) is 0.250. The number of aromatic nitrogens is 4. The number of H-pyrrole nitrogens is 1. The second-order valence-corrected chi connectivity index (χ2v) is 7.82. The second kappa shape index (κ2) is 8.56. The van der Waals surface area contributed by atoms with Crippen molar-refractivity contribution >= 4 is 27.5 Å². The molecule has 10 nitrogen and oxygen atoms in total. The van der Waals surface area contributed by atoms with Gasteiger partial charge in [0.2, 0.25) is 0 Å². The summed E-state index contributed by atoms with van der Waals surface area (Å²) < 4.78 is 17.0. The van der Waals surface area contributed by atoms with E-state index in [0.29, 0.717) is 47.5 Å². The van der Waals surface area contributed by atoms with Crippen LogP contribution in [0.15, 0.2) is 47.1 Å². The van der Waals surface area contributed by atoms with E-state index >= 15 is 0 Å². The van der Waals surface area contributed by atoms with Crippen molar-refractivity contribution in [1.29, 1.82) is 0 Å². The van der Waals surface area contributed by atoms with E-state index in [0.717, 1.165) is 27.4 Å². The number of fused-ring (bicyclic) bond motifs is 3. The van der Waals surface area contributed by atoms with Gasteiger partial charge in [0.25, 0.3) is 11.6 Å². The largest absolute Gasteiger partial charge is 0.457 e. The van der Waals surface area contributed by atoms with Crippen LogP contribution in [0.1, 0.15) is 23.9 Å². The smallest absolute Gasteiger partial charge is 0.276 e. The van der Waals surface area contributed by atoms with Crippen molar-refractivity contribution in [2.45, 2.75) is 26.9 Å². The van der Waals surface area contributed by atoms with Gasteiger partial charge < -0.3 is 19.0 Å². The SMILES string of the molecule is CCc1noc(-c2ncc3[nH]c4ccc(Oc5ccc([N+](=O)[O-])cc5C)cc4c3c2COC)n1. The maximum atomic E-state index is 11.0. The van der Waals surface area contributed by atoms with Crippen molar-refractivity contribution in [2.24, 2.45) is 0 Å². The highest BCUT2D eigenvalue weighted by atomic mass is 16.6. The van der Waals surface area contributed by atoms with Crippen molar-refractivity contribution in [1.82, 2.24) is 20.1 Å². The Bertz CT molecular complexity index is 1540. The average Bonchev–Trinajstić information content (AvgIpc) is 3.45. The third-order valence-electron chi connectivity index (χ3n) is 5.58. The predicted molar refractivity (Wildman–Crippen MR) is 125 cm³/mol. The molecular weight excluding hydrogens is 438 g/mol. The van der Waals surface area contributed by atoms with Gasteiger partial charge in [0.15, 0.2) is 5.82 Å². The Labute approximate surface area is 193 Å². The Balaban J connectivity index is 1.63. The lowest BCUT2D eigenvalue weighted by atomic mass is 10.1. The molecule has 0 bridgehead atoms. The van der Waals surface area contributed by atoms with Crippen LogP contribution in [-0.2, 0) is 17.8 Å². The molecule has 0 amide bonds. The molecule has 0 fully saturated rings. The summed E-state index contributed by atoms with van der Waals surface area (Å²) in [5.41, 5.74) is 3.82. The van der Waals surface area contributed by atoms with Crippen LogP contribution in [0.3, 0.4) is 0 Å². The summed E-state index contributed by atoms with van der Waals surface area (Å²) in [6, 6.07) is 10.2. The summed E-state index contributed by atoms with van der Waals surface area (Å²) in [5.74, 6) is 2.09. The summed E-state index contributed by atoms with van der Waals surface area (Å²) in [6.07, 6.45) is 2.39. The Morgan fingerprint density at radius 2 is 2.03 bits per heavy atom. The number of nitrogens with one attached hydrogen (secondary N) is 1. The summed E-state index contributed by atoms with van der Waals surface area (Å²) in [5, 5.41) is 16.9. The molecule has 3 aromatic heterocycles. The van der Waals surface area contributed by atoms with E-state index in [1.165, 1.54) is 12.1 Å². The molecule has 0 saturated heterocycles. The lowest BCUT2D eigenvalue weighted by Crippen LogP contribution is -1.97. The molecule has 34 heavy (non-hydrogen) atoms. The number of aromatic amines is 1. The lowest BCUT2D eigenvalue weighted by Gasteiger charge is -2.10. The monoisotopic (exact) mass is 459 g/mol. The molecule has 0 aliphatic carbocycles. The highest BCUT2D eigenvalue weighted by Crippen LogP contribution is 2.36. The van der Waals surface area contributed by atoms with Gasteiger partial charge in [-0.05, 0) is 36.8 Å². The molecule has 0 atom stereocenters. The van der Waals surface area contributed by atoms with Gasteiger partial charge in [-0.1, -0.05) is 12.1 Å². The second-order valence-electron chi connectivity index (χ2n) is 7.82. The van der Waals surface area contributed by atoms with Crippen LogP contribution < -0.4 is 4.74 Å². The number of benzene rings is 2. The molecule has 0 aliphatic rings. The molecule has 3 heterocycles. The van der Waals surface area contributed by atoms with Crippen molar-refractivity contribution in [2.75, 3.05) is 7.11 Å². The summed E-state index contributed by atoms with van der Waals surface area (Å²) in [6.45, 7) is 4.02. The minimum atomic E-state index is -0.426. The van der Waals surface area contributed by atoms with Crippen LogP contribution in [0.5, 0.6) is 11.5 Å². The predicted octanol–water partition coefficient (Wildman–Crippen LogP) is 5.48. The van der Waals surface area contributed by atoms with E-state index < -0.39 is 4.92 Å².